The summed E-state index contributed by atoms with van der Waals surface area (Å²) in [5.74, 6) is 1.14. The number of hydrogen-bond acceptors (Lipinski definition) is 3. The van der Waals surface area contributed by atoms with Crippen LogP contribution in [0.3, 0.4) is 0 Å². The molecule has 0 aliphatic heterocycles. The molecule has 3 N–H and O–H groups in total. The number of nitrogens with two attached hydrogens (primary N) is 1. The molecule has 2 rings (SSSR count). The van der Waals surface area contributed by atoms with Gasteiger partial charge in [-0.2, -0.15) is 0 Å². The molecular weight excluding hydrogens is 282 g/mol. The first kappa shape index (κ1) is 15.4. The number of benzene rings is 1. The summed E-state index contributed by atoms with van der Waals surface area (Å²) in [5.41, 5.74) is 6.77. The predicted octanol–water partition coefficient (Wildman–Crippen LogP) is 3.46. The highest BCUT2D eigenvalue weighted by Gasteiger charge is 2.21. The number of nitrogens with zero attached hydrogens (tertiary/aromatic N) is 1. The van der Waals surface area contributed by atoms with E-state index in [0.29, 0.717) is 12.5 Å². The second kappa shape index (κ2) is 6.63. The molecular formula is C16H21N3OS. The van der Waals surface area contributed by atoms with Crippen LogP contribution in [0.25, 0.3) is 0 Å². The SMILES string of the molecule is COc1ccccc1NC(N)=NCC(C)(C)c1cccs1. The molecule has 0 bridgehead atoms. The number of nitrogens with one attached hydrogen (secondary N) is 1. The van der Waals surface area contributed by atoms with Gasteiger partial charge in [-0.25, -0.2) is 0 Å². The number of hydrogen-bond donors (Lipinski definition) is 2. The van der Waals surface area contributed by atoms with Gasteiger partial charge in [0.15, 0.2) is 5.96 Å². The first-order valence-electron chi connectivity index (χ1n) is 6.77. The summed E-state index contributed by atoms with van der Waals surface area (Å²) in [6.07, 6.45) is 0. The first-order valence-corrected chi connectivity index (χ1v) is 7.65. The van der Waals surface area contributed by atoms with E-state index in [0.717, 1.165) is 11.4 Å². The van der Waals surface area contributed by atoms with Crippen LogP contribution in [0.2, 0.25) is 0 Å². The Kier molecular flexibility index (Phi) is 4.85. The minimum atomic E-state index is -0.0265. The fourth-order valence-corrected chi connectivity index (χ4v) is 2.79. The van der Waals surface area contributed by atoms with Gasteiger partial charge in [0.05, 0.1) is 19.3 Å². The summed E-state index contributed by atoms with van der Waals surface area (Å²) in [4.78, 5) is 5.76. The van der Waals surface area contributed by atoms with Crippen molar-refractivity contribution in [3.63, 3.8) is 0 Å². The number of guanidine groups is 1. The minimum Gasteiger partial charge on any atom is -0.495 e. The number of aliphatic imine (C=N–C) groups is 1. The van der Waals surface area contributed by atoms with Gasteiger partial charge in [0.25, 0.3) is 0 Å². The molecule has 21 heavy (non-hydrogen) atoms. The third kappa shape index (κ3) is 3.98. The predicted molar refractivity (Wildman–Crippen MR) is 90.5 cm³/mol. The Bertz CT molecular complexity index is 606. The molecule has 0 atom stereocenters. The van der Waals surface area contributed by atoms with E-state index in [9.17, 15) is 0 Å². The zero-order chi connectivity index (χ0) is 15.3. The van der Waals surface area contributed by atoms with E-state index in [1.54, 1.807) is 18.4 Å². The smallest absolute Gasteiger partial charge is 0.193 e. The highest BCUT2D eigenvalue weighted by Crippen LogP contribution is 2.28. The maximum atomic E-state index is 5.98. The average molecular weight is 303 g/mol. The number of anilines is 1. The fourth-order valence-electron chi connectivity index (χ4n) is 1.95. The maximum Gasteiger partial charge on any atom is 0.193 e. The van der Waals surface area contributed by atoms with Gasteiger partial charge in [0.1, 0.15) is 5.75 Å². The van der Waals surface area contributed by atoms with Crippen molar-refractivity contribution in [1.82, 2.24) is 0 Å². The molecule has 0 amide bonds. The lowest BCUT2D eigenvalue weighted by Gasteiger charge is -2.21. The van der Waals surface area contributed by atoms with Gasteiger partial charge in [0.2, 0.25) is 0 Å². The standard InChI is InChI=1S/C16H21N3OS/c1-16(2,14-9-6-10-21-14)11-18-15(17)19-12-7-4-5-8-13(12)20-3/h4-10H,11H2,1-3H3,(H3,17,18,19). The highest BCUT2D eigenvalue weighted by atomic mass is 32.1. The normalized spacial score (nSPS) is 12.2. The monoisotopic (exact) mass is 303 g/mol. The summed E-state index contributed by atoms with van der Waals surface area (Å²) in [7, 11) is 1.63. The number of rotatable bonds is 5. The Balaban J connectivity index is 2.05. The van der Waals surface area contributed by atoms with Crippen LogP contribution in [0.1, 0.15) is 18.7 Å². The van der Waals surface area contributed by atoms with Crippen molar-refractivity contribution in [2.24, 2.45) is 10.7 Å². The van der Waals surface area contributed by atoms with E-state index in [4.69, 9.17) is 10.5 Å². The molecule has 2 aromatic rings. The quantitative estimate of drug-likeness (QED) is 0.657. The summed E-state index contributed by atoms with van der Waals surface area (Å²) >= 11 is 1.74. The van der Waals surface area contributed by atoms with Crippen molar-refractivity contribution in [2.75, 3.05) is 19.0 Å². The van der Waals surface area contributed by atoms with Crippen LogP contribution in [-0.4, -0.2) is 19.6 Å². The maximum absolute atomic E-state index is 5.98. The van der Waals surface area contributed by atoms with E-state index < -0.39 is 0 Å². The van der Waals surface area contributed by atoms with E-state index in [-0.39, 0.29) is 5.41 Å². The number of thiophene rings is 1. The van der Waals surface area contributed by atoms with Gasteiger partial charge in [-0.05, 0) is 23.6 Å². The molecule has 0 saturated heterocycles. The zero-order valence-corrected chi connectivity index (χ0v) is 13.4. The van der Waals surface area contributed by atoms with E-state index in [2.05, 4.69) is 41.7 Å². The van der Waals surface area contributed by atoms with Crippen molar-refractivity contribution >= 4 is 23.0 Å². The van der Waals surface area contributed by atoms with Crippen LogP contribution in [0.5, 0.6) is 5.75 Å². The second-order valence-electron chi connectivity index (χ2n) is 5.39. The Morgan fingerprint density at radius 2 is 2.05 bits per heavy atom. The summed E-state index contributed by atoms with van der Waals surface area (Å²) in [6.45, 7) is 4.96. The lowest BCUT2D eigenvalue weighted by atomic mass is 9.92. The van der Waals surface area contributed by atoms with Crippen LogP contribution >= 0.6 is 11.3 Å². The first-order chi connectivity index (χ1) is 10.0. The van der Waals surface area contributed by atoms with Crippen molar-refractivity contribution < 1.29 is 4.74 Å². The molecule has 0 aliphatic rings. The summed E-state index contributed by atoms with van der Waals surface area (Å²) < 4.78 is 5.28. The van der Waals surface area contributed by atoms with Crippen molar-refractivity contribution in [3.05, 3.63) is 46.7 Å². The van der Waals surface area contributed by atoms with E-state index in [1.807, 2.05) is 24.3 Å². The Labute approximate surface area is 129 Å². The van der Waals surface area contributed by atoms with Gasteiger partial charge in [-0.3, -0.25) is 4.99 Å². The summed E-state index contributed by atoms with van der Waals surface area (Å²) in [6, 6.07) is 11.8. The van der Waals surface area contributed by atoms with Crippen LogP contribution < -0.4 is 15.8 Å². The molecule has 4 nitrogen and oxygen atoms in total. The van der Waals surface area contributed by atoms with Crippen molar-refractivity contribution in [1.29, 1.82) is 0 Å². The number of para-hydroxylation sites is 2. The molecule has 0 fully saturated rings. The minimum absolute atomic E-state index is 0.0265. The number of methoxy groups -OCH3 is 1. The summed E-state index contributed by atoms with van der Waals surface area (Å²) in [5, 5.41) is 5.17. The molecule has 0 unspecified atom stereocenters. The lowest BCUT2D eigenvalue weighted by molar-refractivity contribution is 0.417. The molecule has 5 heteroatoms. The molecule has 1 aromatic heterocycles. The second-order valence-corrected chi connectivity index (χ2v) is 6.34. The van der Waals surface area contributed by atoms with E-state index >= 15 is 0 Å². The highest BCUT2D eigenvalue weighted by molar-refractivity contribution is 7.10. The van der Waals surface area contributed by atoms with Gasteiger partial charge in [-0.15, -0.1) is 11.3 Å². The lowest BCUT2D eigenvalue weighted by Crippen LogP contribution is -2.27. The van der Waals surface area contributed by atoms with Gasteiger partial charge >= 0.3 is 0 Å². The Morgan fingerprint density at radius 1 is 1.29 bits per heavy atom. The van der Waals surface area contributed by atoms with Crippen molar-refractivity contribution in [2.45, 2.75) is 19.3 Å². The third-order valence-corrected chi connectivity index (χ3v) is 4.44. The Hall–Kier alpha value is -2.01. The zero-order valence-electron chi connectivity index (χ0n) is 12.6. The molecule has 112 valence electrons. The number of ether oxygens (including phenoxy) is 1. The van der Waals surface area contributed by atoms with Crippen LogP contribution in [-0.2, 0) is 5.41 Å². The van der Waals surface area contributed by atoms with Crippen LogP contribution in [0.15, 0.2) is 46.8 Å². The molecule has 1 aromatic carbocycles. The topological polar surface area (TPSA) is 59.6 Å². The molecule has 0 saturated carbocycles. The fraction of sp³-hybridized carbons (Fsp3) is 0.312. The van der Waals surface area contributed by atoms with Gasteiger partial charge < -0.3 is 15.8 Å². The molecule has 1 heterocycles. The van der Waals surface area contributed by atoms with Crippen LogP contribution in [0, 0.1) is 0 Å². The van der Waals surface area contributed by atoms with E-state index in [1.165, 1.54) is 4.88 Å². The molecule has 0 spiro atoms. The van der Waals surface area contributed by atoms with Crippen molar-refractivity contribution in [3.8, 4) is 5.75 Å². The Morgan fingerprint density at radius 3 is 2.71 bits per heavy atom. The van der Waals surface area contributed by atoms with Crippen LogP contribution in [0.4, 0.5) is 5.69 Å². The average Bonchev–Trinajstić information content (AvgIpc) is 3.01. The van der Waals surface area contributed by atoms with Gasteiger partial charge in [-0.1, -0.05) is 32.0 Å². The molecule has 0 radical (unpaired) electrons. The molecule has 0 aliphatic carbocycles. The third-order valence-electron chi connectivity index (χ3n) is 3.20. The largest absolute Gasteiger partial charge is 0.495 e. The van der Waals surface area contributed by atoms with Gasteiger partial charge in [0, 0.05) is 10.3 Å².